The second-order valence-electron chi connectivity index (χ2n) is 7.03. The minimum atomic E-state index is -3.94. The number of carbonyl (C=O) groups is 3. The molecule has 2 rings (SSSR count). The standard InChI is InChI=1S/C22H27N3O6S/c1-5-25(14-21(27)23-18-7-6-8-19(13-18)31-4)22(28)15-24(3)32(29,30)20-11-9-17(10-12-20)16(2)26/h6-13H,5,14-15H2,1-4H3,(H,23,27). The fourth-order valence-electron chi connectivity index (χ4n) is 2.87. The lowest BCUT2D eigenvalue weighted by Gasteiger charge is -2.24. The number of ether oxygens (including phenoxy) is 1. The molecule has 0 unspecified atom stereocenters. The van der Waals surface area contributed by atoms with Crippen molar-refractivity contribution in [3.8, 4) is 5.75 Å². The largest absolute Gasteiger partial charge is 0.497 e. The van der Waals surface area contributed by atoms with Crippen molar-refractivity contribution in [2.45, 2.75) is 18.7 Å². The van der Waals surface area contributed by atoms with Gasteiger partial charge in [-0.2, -0.15) is 4.31 Å². The molecule has 32 heavy (non-hydrogen) atoms. The highest BCUT2D eigenvalue weighted by atomic mass is 32.2. The molecule has 0 atom stereocenters. The molecule has 0 aliphatic carbocycles. The number of rotatable bonds is 10. The van der Waals surface area contributed by atoms with Crippen molar-refractivity contribution in [2.75, 3.05) is 39.1 Å². The summed E-state index contributed by atoms with van der Waals surface area (Å²) in [5, 5.41) is 2.69. The Hall–Kier alpha value is -3.24. The summed E-state index contributed by atoms with van der Waals surface area (Å²) in [5.74, 6) is -0.531. The summed E-state index contributed by atoms with van der Waals surface area (Å²) in [5.41, 5.74) is 0.911. The normalized spacial score (nSPS) is 11.2. The van der Waals surface area contributed by atoms with Gasteiger partial charge in [-0.25, -0.2) is 8.42 Å². The van der Waals surface area contributed by atoms with Gasteiger partial charge in [0.05, 0.1) is 25.1 Å². The van der Waals surface area contributed by atoms with Crippen molar-refractivity contribution < 1.29 is 27.5 Å². The average molecular weight is 462 g/mol. The Bertz CT molecular complexity index is 1080. The van der Waals surface area contributed by atoms with Crippen LogP contribution < -0.4 is 10.1 Å². The third-order valence-corrected chi connectivity index (χ3v) is 6.57. The van der Waals surface area contributed by atoms with Crippen molar-refractivity contribution in [1.29, 1.82) is 0 Å². The SMILES string of the molecule is CCN(CC(=O)Nc1cccc(OC)c1)C(=O)CN(C)S(=O)(=O)c1ccc(C(C)=O)cc1. The van der Waals surface area contributed by atoms with Crippen LogP contribution in [-0.2, 0) is 19.6 Å². The molecule has 2 aromatic rings. The van der Waals surface area contributed by atoms with Crippen molar-refractivity contribution in [1.82, 2.24) is 9.21 Å². The summed E-state index contributed by atoms with van der Waals surface area (Å²) in [6.45, 7) is 2.65. The van der Waals surface area contributed by atoms with Crippen molar-refractivity contribution in [2.24, 2.45) is 0 Å². The first kappa shape index (κ1) is 25.0. The number of hydrogen-bond donors (Lipinski definition) is 1. The number of ketones is 1. The van der Waals surface area contributed by atoms with Crippen LogP contribution in [0.5, 0.6) is 5.75 Å². The molecule has 0 aliphatic rings. The highest BCUT2D eigenvalue weighted by molar-refractivity contribution is 7.89. The van der Waals surface area contributed by atoms with Crippen molar-refractivity contribution >= 4 is 33.3 Å². The van der Waals surface area contributed by atoms with Gasteiger partial charge in [0.15, 0.2) is 5.78 Å². The van der Waals surface area contributed by atoms with Gasteiger partial charge in [-0.1, -0.05) is 18.2 Å². The van der Waals surface area contributed by atoms with Gasteiger partial charge >= 0.3 is 0 Å². The topological polar surface area (TPSA) is 113 Å². The summed E-state index contributed by atoms with van der Waals surface area (Å²) >= 11 is 0. The van der Waals surface area contributed by atoms with Gasteiger partial charge in [0.2, 0.25) is 21.8 Å². The number of anilines is 1. The minimum Gasteiger partial charge on any atom is -0.497 e. The molecule has 0 fully saturated rings. The third kappa shape index (κ3) is 6.38. The Balaban J connectivity index is 2.02. The number of Topliss-reactive ketones (excluding diaryl/α,β-unsaturated/α-hetero) is 1. The van der Waals surface area contributed by atoms with Gasteiger partial charge in [-0.3, -0.25) is 14.4 Å². The van der Waals surface area contributed by atoms with Crippen LogP contribution in [0.25, 0.3) is 0 Å². The van der Waals surface area contributed by atoms with E-state index in [1.54, 1.807) is 31.2 Å². The maximum absolute atomic E-state index is 12.8. The van der Waals surface area contributed by atoms with Gasteiger partial charge in [-0.05, 0) is 38.1 Å². The Labute approximate surface area is 188 Å². The maximum Gasteiger partial charge on any atom is 0.243 e. The smallest absolute Gasteiger partial charge is 0.243 e. The Morgan fingerprint density at radius 3 is 2.25 bits per heavy atom. The summed E-state index contributed by atoms with van der Waals surface area (Å²) in [6.07, 6.45) is 0. The third-order valence-electron chi connectivity index (χ3n) is 4.75. The molecule has 1 N–H and O–H groups in total. The molecule has 0 heterocycles. The number of nitrogens with zero attached hydrogens (tertiary/aromatic N) is 2. The van der Waals surface area contributed by atoms with E-state index in [1.807, 2.05) is 0 Å². The van der Waals surface area contributed by atoms with Gasteiger partial charge < -0.3 is 15.0 Å². The number of hydrogen-bond acceptors (Lipinski definition) is 6. The predicted molar refractivity (Wildman–Crippen MR) is 120 cm³/mol. The zero-order valence-electron chi connectivity index (χ0n) is 18.5. The van der Waals surface area contributed by atoms with Crippen LogP contribution >= 0.6 is 0 Å². The summed E-state index contributed by atoms with van der Waals surface area (Å²) in [4.78, 5) is 37.7. The fourth-order valence-corrected chi connectivity index (χ4v) is 3.99. The molecule has 0 bridgehead atoms. The number of methoxy groups -OCH3 is 1. The second kappa shape index (κ2) is 10.9. The van der Waals surface area contributed by atoms with Gasteiger partial charge in [0, 0.05) is 30.9 Å². The van der Waals surface area contributed by atoms with E-state index >= 15 is 0 Å². The first-order chi connectivity index (χ1) is 15.1. The molecule has 10 heteroatoms. The van der Waals surface area contributed by atoms with Crippen molar-refractivity contribution in [3.05, 3.63) is 54.1 Å². The zero-order chi connectivity index (χ0) is 23.9. The Kier molecular flexibility index (Phi) is 8.50. The molecule has 0 spiro atoms. The summed E-state index contributed by atoms with van der Waals surface area (Å²) in [7, 11) is -1.14. The predicted octanol–water partition coefficient (Wildman–Crippen LogP) is 2.01. The molecule has 0 aliphatic heterocycles. The van der Waals surface area contributed by atoms with Crippen LogP contribution in [-0.4, -0.2) is 69.0 Å². The quantitative estimate of drug-likeness (QED) is 0.542. The van der Waals surface area contributed by atoms with Crippen LogP contribution in [0.4, 0.5) is 5.69 Å². The number of likely N-dealkylation sites (N-methyl/N-ethyl adjacent to an activating group) is 2. The van der Waals surface area contributed by atoms with E-state index in [0.717, 1.165) is 4.31 Å². The van der Waals surface area contributed by atoms with Crippen LogP contribution in [0.3, 0.4) is 0 Å². The average Bonchev–Trinajstić information content (AvgIpc) is 2.77. The lowest BCUT2D eigenvalue weighted by Crippen LogP contribution is -2.44. The van der Waals surface area contributed by atoms with Gasteiger partial charge in [-0.15, -0.1) is 0 Å². The van der Waals surface area contributed by atoms with E-state index in [0.29, 0.717) is 17.0 Å². The molecule has 0 aromatic heterocycles. The Morgan fingerprint density at radius 1 is 1.03 bits per heavy atom. The van der Waals surface area contributed by atoms with E-state index in [2.05, 4.69) is 5.32 Å². The number of sulfonamides is 1. The molecule has 0 radical (unpaired) electrons. The van der Waals surface area contributed by atoms with Gasteiger partial charge in [0.25, 0.3) is 0 Å². The van der Waals surface area contributed by atoms with Crippen LogP contribution in [0, 0.1) is 0 Å². The first-order valence-corrected chi connectivity index (χ1v) is 11.3. The first-order valence-electron chi connectivity index (χ1n) is 9.87. The maximum atomic E-state index is 12.8. The lowest BCUT2D eigenvalue weighted by molar-refractivity contribution is -0.134. The molecule has 2 aromatic carbocycles. The number of benzene rings is 2. The van der Waals surface area contributed by atoms with Crippen LogP contribution in [0.1, 0.15) is 24.2 Å². The second-order valence-corrected chi connectivity index (χ2v) is 9.07. The van der Waals surface area contributed by atoms with Gasteiger partial charge in [0.1, 0.15) is 5.75 Å². The zero-order valence-corrected chi connectivity index (χ0v) is 19.3. The highest BCUT2D eigenvalue weighted by Gasteiger charge is 2.26. The number of nitrogens with one attached hydrogen (secondary N) is 1. The molecule has 2 amide bonds. The molecule has 0 saturated heterocycles. The molecule has 0 saturated carbocycles. The monoisotopic (exact) mass is 461 g/mol. The fraction of sp³-hybridized carbons (Fsp3) is 0.318. The van der Waals surface area contributed by atoms with Crippen LogP contribution in [0.2, 0.25) is 0 Å². The molecular weight excluding hydrogens is 434 g/mol. The highest BCUT2D eigenvalue weighted by Crippen LogP contribution is 2.17. The van der Waals surface area contributed by atoms with E-state index in [9.17, 15) is 22.8 Å². The number of carbonyl (C=O) groups excluding carboxylic acids is 3. The molecular formula is C22H27N3O6S. The molecule has 172 valence electrons. The van der Waals surface area contributed by atoms with E-state index < -0.39 is 28.4 Å². The lowest BCUT2D eigenvalue weighted by atomic mass is 10.2. The summed E-state index contributed by atoms with van der Waals surface area (Å²) < 4.78 is 31.6. The van der Waals surface area contributed by atoms with E-state index in [4.69, 9.17) is 4.74 Å². The van der Waals surface area contributed by atoms with E-state index in [-0.39, 0.29) is 23.8 Å². The van der Waals surface area contributed by atoms with Crippen molar-refractivity contribution in [3.63, 3.8) is 0 Å². The molecule has 9 nitrogen and oxygen atoms in total. The minimum absolute atomic E-state index is 0.0309. The Morgan fingerprint density at radius 2 is 1.69 bits per heavy atom. The van der Waals surface area contributed by atoms with E-state index in [1.165, 1.54) is 50.2 Å². The summed E-state index contributed by atoms with van der Waals surface area (Å²) in [6, 6.07) is 12.3. The van der Waals surface area contributed by atoms with Crippen LogP contribution in [0.15, 0.2) is 53.4 Å². The number of amides is 2.